The third kappa shape index (κ3) is 17.4. The highest BCUT2D eigenvalue weighted by molar-refractivity contribution is 6.03. The molecule has 0 bridgehead atoms. The van der Waals surface area contributed by atoms with Crippen molar-refractivity contribution in [3.8, 4) is 22.3 Å². The van der Waals surface area contributed by atoms with Crippen molar-refractivity contribution in [3.05, 3.63) is 197 Å². The van der Waals surface area contributed by atoms with Gasteiger partial charge in [0.05, 0.1) is 98.5 Å². The number of Topliss-reactive ketones (excluding diaryl/α,β-unsaturated/α-hetero) is 2. The molecule has 102 heavy (non-hydrogen) atoms. The molecule has 7 aromatic carbocycles. The maximum Gasteiger partial charge on any atom is 0.412 e. The number of carbonyl (C=O) groups excluding carboxylic acids is 3. The van der Waals surface area contributed by atoms with Crippen LogP contribution < -0.4 is 11.1 Å². The van der Waals surface area contributed by atoms with Crippen LogP contribution in [0.25, 0.3) is 55.0 Å². The molecule has 20 heteroatoms. The molecule has 0 unspecified atom stereocenters. The Morgan fingerprint density at radius 1 is 0.461 bits per heavy atom. The van der Waals surface area contributed by atoms with E-state index in [1.165, 1.54) is 12.8 Å². The SMILES string of the molecule is CC(C)(C)OC(=O)Nc1ccc(-c2ccccc2)cc1CC(=O)c1ccc2c(c1)c(C1CC1)nn2CCN1CCOCC1.Nc1ccc(-c2ccccc2)cc1CC(=O)c1ccc2c(c1)c(C1CC1)nn2CCN1CCOCC1.O=C(O)c1ccc2c(c1)c(C1CC1)nn2CCN1CCOCC1. The summed E-state index contributed by atoms with van der Waals surface area (Å²) in [6.07, 6.45) is 6.82. The number of fused-ring (bicyclic) bond motifs is 3. The van der Waals surface area contributed by atoms with Crippen LogP contribution in [0.1, 0.15) is 136 Å². The number of hydrogen-bond donors (Lipinski definition) is 3. The standard InChI is InChI=1S/C35H40N4O4.C30H32N4O2.C17H21N3O3/c1-35(2,3)43-34(41)36-30-13-11-26(24-7-5-4-6-8-24)21-28(30)23-32(40)27-12-14-31-29(22-27)33(25-9-10-25)37-39(31)16-15-38-17-19-42-20-18-38;31-27-10-8-23(21-4-2-1-3-5-21)18-25(27)20-29(35)24-9-11-28-26(19-24)30(22-6-7-22)32-34(28)13-12-33-14-16-36-17-15-33;21-17(22)13-3-4-15-14(11-13)16(12-1-2-12)18-20(15)6-5-19-7-9-23-10-8-19/h4-8,11-14,21-22,25H,9-10,15-20,23H2,1-3H3,(H,36,41);1-5,8-11,18-19,22H,6-7,12-17,20,31H2;3-4,11-12H,1-2,5-10H2,(H,21,22). The predicted octanol–water partition coefficient (Wildman–Crippen LogP) is 13.5. The Labute approximate surface area is 595 Å². The molecule has 6 heterocycles. The molecule has 3 aromatic heterocycles. The first-order valence-electron chi connectivity index (χ1n) is 36.4. The Kier molecular flexibility index (Phi) is 21.5. The van der Waals surface area contributed by atoms with E-state index in [0.29, 0.717) is 40.3 Å². The van der Waals surface area contributed by atoms with Crippen molar-refractivity contribution in [2.24, 2.45) is 0 Å². The highest BCUT2D eigenvalue weighted by atomic mass is 16.6. The second kappa shape index (κ2) is 31.5. The van der Waals surface area contributed by atoms with Crippen LogP contribution in [0, 0.1) is 0 Å². The summed E-state index contributed by atoms with van der Waals surface area (Å²) in [7, 11) is 0. The van der Waals surface area contributed by atoms with E-state index in [1.807, 2.05) is 141 Å². The zero-order valence-electron chi connectivity index (χ0n) is 58.9. The van der Waals surface area contributed by atoms with Crippen LogP contribution in [-0.2, 0) is 51.4 Å². The number of nitrogens with one attached hydrogen (secondary N) is 1. The summed E-state index contributed by atoms with van der Waals surface area (Å²) < 4.78 is 28.1. The molecule has 6 fully saturated rings. The molecule has 6 aliphatic rings. The van der Waals surface area contributed by atoms with Gasteiger partial charge in [0.25, 0.3) is 0 Å². The fourth-order valence-electron chi connectivity index (χ4n) is 14.0. The van der Waals surface area contributed by atoms with Crippen LogP contribution >= 0.6 is 0 Å². The van der Waals surface area contributed by atoms with E-state index in [-0.39, 0.29) is 24.4 Å². The normalized spacial score (nSPS) is 16.9. The average molecular weight is 1380 g/mol. The molecule has 0 radical (unpaired) electrons. The Morgan fingerprint density at radius 2 is 0.833 bits per heavy atom. The lowest BCUT2D eigenvalue weighted by Crippen LogP contribution is -2.38. The molecule has 0 atom stereocenters. The van der Waals surface area contributed by atoms with Gasteiger partial charge in [-0.1, -0.05) is 72.8 Å². The van der Waals surface area contributed by atoms with Crippen molar-refractivity contribution in [1.82, 2.24) is 44.0 Å². The van der Waals surface area contributed by atoms with E-state index in [2.05, 4.69) is 53.6 Å². The summed E-state index contributed by atoms with van der Waals surface area (Å²) in [4.78, 5) is 58.3. The number of ether oxygens (including phenoxy) is 4. The summed E-state index contributed by atoms with van der Waals surface area (Å²) in [6.45, 7) is 21.3. The molecule has 530 valence electrons. The van der Waals surface area contributed by atoms with Crippen molar-refractivity contribution in [2.45, 2.75) is 115 Å². The topological polar surface area (TPSA) is 227 Å². The fraction of sp³-hybridized carbons (Fsp3) is 0.402. The minimum atomic E-state index is -0.880. The molecule has 10 aromatic rings. The van der Waals surface area contributed by atoms with Crippen molar-refractivity contribution in [2.75, 3.05) is 110 Å². The quantitative estimate of drug-likeness (QED) is 0.0423. The molecule has 1 amide bonds. The van der Waals surface area contributed by atoms with E-state index in [0.717, 1.165) is 233 Å². The number of morpholine rings is 3. The van der Waals surface area contributed by atoms with Gasteiger partial charge in [-0.15, -0.1) is 0 Å². The van der Waals surface area contributed by atoms with Crippen molar-refractivity contribution < 1.29 is 43.2 Å². The van der Waals surface area contributed by atoms with Crippen LogP contribution in [0.3, 0.4) is 0 Å². The number of carbonyl (C=O) groups is 4. The van der Waals surface area contributed by atoms with E-state index in [1.54, 1.807) is 12.1 Å². The molecule has 20 nitrogen and oxygen atoms in total. The molecular weight excluding hydrogens is 1280 g/mol. The molecule has 3 saturated carbocycles. The number of carboxylic acids is 1. The Morgan fingerprint density at radius 3 is 1.23 bits per heavy atom. The molecule has 0 spiro atoms. The maximum absolute atomic E-state index is 13.8. The number of ketones is 2. The van der Waals surface area contributed by atoms with Gasteiger partial charge in [0.15, 0.2) is 11.6 Å². The molecule has 4 N–H and O–H groups in total. The van der Waals surface area contributed by atoms with Crippen molar-refractivity contribution >= 4 is 67.7 Å². The van der Waals surface area contributed by atoms with Crippen LogP contribution in [0.4, 0.5) is 16.2 Å². The number of nitrogens with two attached hydrogens (primary N) is 1. The van der Waals surface area contributed by atoms with Crippen LogP contribution in [0.15, 0.2) is 152 Å². The number of benzene rings is 7. The van der Waals surface area contributed by atoms with Gasteiger partial charge in [-0.3, -0.25) is 43.7 Å². The molecule has 3 aliphatic carbocycles. The van der Waals surface area contributed by atoms with Crippen LogP contribution in [-0.4, -0.2) is 177 Å². The summed E-state index contributed by atoms with van der Waals surface area (Å²) in [5.74, 6) is 0.671. The Balaban J connectivity index is 0.000000135. The lowest BCUT2D eigenvalue weighted by Gasteiger charge is -2.26. The predicted molar refractivity (Wildman–Crippen MR) is 398 cm³/mol. The summed E-state index contributed by atoms with van der Waals surface area (Å²) in [6, 6.07) is 49.3. The monoisotopic (exact) mass is 1380 g/mol. The van der Waals surface area contributed by atoms with E-state index < -0.39 is 17.7 Å². The first-order valence-corrected chi connectivity index (χ1v) is 36.4. The van der Waals surface area contributed by atoms with Gasteiger partial charge in [0.2, 0.25) is 0 Å². The fourth-order valence-corrected chi connectivity index (χ4v) is 14.0. The minimum absolute atomic E-state index is 0.0119. The number of anilines is 2. The first kappa shape index (κ1) is 69.7. The highest BCUT2D eigenvalue weighted by Gasteiger charge is 2.33. The average Bonchev–Trinajstić information content (AvgIpc) is 1.62. The largest absolute Gasteiger partial charge is 0.478 e. The van der Waals surface area contributed by atoms with E-state index in [9.17, 15) is 24.3 Å². The lowest BCUT2D eigenvalue weighted by molar-refractivity contribution is 0.0360. The van der Waals surface area contributed by atoms with Gasteiger partial charge in [-0.25, -0.2) is 9.59 Å². The van der Waals surface area contributed by atoms with Gasteiger partial charge in [0.1, 0.15) is 5.60 Å². The van der Waals surface area contributed by atoms with Crippen molar-refractivity contribution in [1.29, 1.82) is 0 Å². The summed E-state index contributed by atoms with van der Waals surface area (Å²) in [5, 5.41) is 30.1. The number of nitrogen functional groups attached to an aromatic ring is 1. The summed E-state index contributed by atoms with van der Waals surface area (Å²) in [5.41, 5.74) is 20.9. The van der Waals surface area contributed by atoms with Gasteiger partial charge < -0.3 is 29.8 Å². The van der Waals surface area contributed by atoms with Crippen LogP contribution in [0.2, 0.25) is 0 Å². The first-order chi connectivity index (χ1) is 49.6. The van der Waals surface area contributed by atoms with Gasteiger partial charge in [0, 0.05) is 128 Å². The number of rotatable bonds is 22. The molecule has 16 rings (SSSR count). The number of hydrogen-bond acceptors (Lipinski definition) is 15. The van der Waals surface area contributed by atoms with Gasteiger partial charge >= 0.3 is 12.1 Å². The third-order valence-electron chi connectivity index (χ3n) is 20.1. The number of nitrogens with zero attached hydrogens (tertiary/aromatic N) is 9. The maximum atomic E-state index is 13.8. The summed E-state index contributed by atoms with van der Waals surface area (Å²) >= 11 is 0. The van der Waals surface area contributed by atoms with Gasteiger partial charge in [-0.05, 0) is 172 Å². The second-order valence-corrected chi connectivity index (χ2v) is 28.9. The number of aromatic carboxylic acids is 1. The van der Waals surface area contributed by atoms with Crippen LogP contribution in [0.5, 0.6) is 0 Å². The number of amides is 1. The smallest absolute Gasteiger partial charge is 0.412 e. The zero-order valence-corrected chi connectivity index (χ0v) is 58.9. The Bertz CT molecular complexity index is 4620. The van der Waals surface area contributed by atoms with Crippen molar-refractivity contribution in [3.63, 3.8) is 0 Å². The second-order valence-electron chi connectivity index (χ2n) is 28.9. The number of carboxylic acid groups (broad SMARTS) is 1. The lowest BCUT2D eigenvalue weighted by atomic mass is 9.96. The zero-order chi connectivity index (χ0) is 70.3. The molecule has 3 aliphatic heterocycles. The van der Waals surface area contributed by atoms with E-state index >= 15 is 0 Å². The Hall–Kier alpha value is -9.41. The van der Waals surface area contributed by atoms with Gasteiger partial charge in [-0.2, -0.15) is 15.3 Å². The highest BCUT2D eigenvalue weighted by Crippen LogP contribution is 2.45. The molecule has 3 saturated heterocycles. The third-order valence-corrected chi connectivity index (χ3v) is 20.1. The van der Waals surface area contributed by atoms with E-state index in [4.69, 9.17) is 40.0 Å². The number of aromatic nitrogens is 6. The minimum Gasteiger partial charge on any atom is -0.478 e. The molecular formula is C82H93N11O9.